The topological polar surface area (TPSA) is 65.5 Å². The summed E-state index contributed by atoms with van der Waals surface area (Å²) in [4.78, 5) is 32.5. The fourth-order valence-electron chi connectivity index (χ4n) is 2.37. The first-order valence-electron chi connectivity index (χ1n) is 7.37. The lowest BCUT2D eigenvalue weighted by Gasteiger charge is -2.32. The van der Waals surface area contributed by atoms with Crippen LogP contribution in [0.25, 0.3) is 0 Å². The second-order valence-corrected chi connectivity index (χ2v) is 5.81. The average molecular weight is 288 g/mol. The van der Waals surface area contributed by atoms with Gasteiger partial charge in [-0.1, -0.05) is 0 Å². The molecule has 0 spiro atoms. The van der Waals surface area contributed by atoms with E-state index in [1.165, 1.54) is 12.4 Å². The molecule has 3 rings (SSSR count). The first-order valence-corrected chi connectivity index (χ1v) is 7.37. The molecular weight excluding hydrogens is 268 g/mol. The normalized spacial score (nSPS) is 19.4. The minimum absolute atomic E-state index is 0.0447. The molecule has 0 atom stereocenters. The lowest BCUT2D eigenvalue weighted by atomic mass is 10.1. The number of hydrogen-bond donors (Lipinski definition) is 1. The Labute approximate surface area is 124 Å². The van der Waals surface area contributed by atoms with Crippen LogP contribution in [0, 0.1) is 0 Å². The van der Waals surface area contributed by atoms with Crippen molar-refractivity contribution in [2.45, 2.75) is 18.9 Å². The summed E-state index contributed by atoms with van der Waals surface area (Å²) in [6, 6.07) is 1.94. The van der Waals surface area contributed by atoms with Crippen LogP contribution in [-0.4, -0.2) is 65.9 Å². The number of rotatable bonds is 3. The van der Waals surface area contributed by atoms with Crippen LogP contribution >= 0.6 is 0 Å². The maximum Gasteiger partial charge on any atom is 0.255 e. The van der Waals surface area contributed by atoms with Gasteiger partial charge >= 0.3 is 0 Å². The minimum Gasteiger partial charge on any atom is -0.349 e. The molecule has 0 aromatic carbocycles. The molecule has 1 saturated heterocycles. The van der Waals surface area contributed by atoms with Gasteiger partial charge < -0.3 is 15.1 Å². The lowest BCUT2D eigenvalue weighted by Crippen LogP contribution is -2.47. The van der Waals surface area contributed by atoms with Gasteiger partial charge in [-0.2, -0.15) is 0 Å². The van der Waals surface area contributed by atoms with Crippen LogP contribution in [0.2, 0.25) is 0 Å². The Morgan fingerprint density at radius 3 is 2.48 bits per heavy atom. The third-order valence-electron chi connectivity index (χ3n) is 3.95. The van der Waals surface area contributed by atoms with Crippen molar-refractivity contribution in [1.29, 1.82) is 0 Å². The highest BCUT2D eigenvalue weighted by Crippen LogP contribution is 2.19. The van der Waals surface area contributed by atoms with Gasteiger partial charge in [0, 0.05) is 44.6 Å². The SMILES string of the molecule is CN1CCN(C(=O)c2cncc(C(=O)NC3CC3)c2)CC1. The van der Waals surface area contributed by atoms with E-state index >= 15 is 0 Å². The highest BCUT2D eigenvalue weighted by Gasteiger charge is 2.25. The Morgan fingerprint density at radius 1 is 1.14 bits per heavy atom. The van der Waals surface area contributed by atoms with Crippen LogP contribution in [0.1, 0.15) is 33.6 Å². The zero-order valence-corrected chi connectivity index (χ0v) is 12.2. The zero-order chi connectivity index (χ0) is 14.8. The average Bonchev–Trinajstić information content (AvgIpc) is 3.31. The number of piperazine rings is 1. The Kier molecular flexibility index (Phi) is 3.88. The highest BCUT2D eigenvalue weighted by molar-refractivity contribution is 5.99. The molecule has 0 bridgehead atoms. The molecule has 0 radical (unpaired) electrons. The molecule has 2 aliphatic rings. The second kappa shape index (κ2) is 5.81. The van der Waals surface area contributed by atoms with Gasteiger partial charge in [-0.15, -0.1) is 0 Å². The largest absolute Gasteiger partial charge is 0.349 e. The van der Waals surface area contributed by atoms with Gasteiger partial charge in [-0.25, -0.2) is 0 Å². The predicted octanol–water partition coefficient (Wildman–Crippen LogP) is 0.361. The first kappa shape index (κ1) is 14.0. The van der Waals surface area contributed by atoms with E-state index in [0.717, 1.165) is 25.9 Å². The van der Waals surface area contributed by atoms with Gasteiger partial charge in [-0.05, 0) is 26.0 Å². The fourth-order valence-corrected chi connectivity index (χ4v) is 2.37. The predicted molar refractivity (Wildman–Crippen MR) is 78.1 cm³/mol. The Morgan fingerprint density at radius 2 is 1.81 bits per heavy atom. The number of nitrogens with one attached hydrogen (secondary N) is 1. The maximum atomic E-state index is 12.5. The molecule has 1 saturated carbocycles. The molecule has 2 fully saturated rings. The standard InChI is InChI=1S/C15H20N4O2/c1-18-4-6-19(7-5-18)15(21)12-8-11(9-16-10-12)14(20)17-13-2-3-13/h8-10,13H,2-7H2,1H3,(H,17,20). The minimum atomic E-state index is -0.141. The summed E-state index contributed by atoms with van der Waals surface area (Å²) in [5.74, 6) is -0.185. The Balaban J connectivity index is 1.69. The van der Waals surface area contributed by atoms with Crippen molar-refractivity contribution in [3.63, 3.8) is 0 Å². The number of amides is 2. The van der Waals surface area contributed by atoms with E-state index < -0.39 is 0 Å². The summed E-state index contributed by atoms with van der Waals surface area (Å²) in [5.41, 5.74) is 0.949. The molecule has 2 amide bonds. The molecule has 6 nitrogen and oxygen atoms in total. The van der Waals surface area contributed by atoms with Crippen LogP contribution in [0.5, 0.6) is 0 Å². The highest BCUT2D eigenvalue weighted by atomic mass is 16.2. The number of hydrogen-bond acceptors (Lipinski definition) is 4. The number of aromatic nitrogens is 1. The van der Waals surface area contributed by atoms with Gasteiger partial charge in [0.2, 0.25) is 0 Å². The number of likely N-dealkylation sites (N-methyl/N-ethyl adjacent to an activating group) is 1. The van der Waals surface area contributed by atoms with E-state index in [-0.39, 0.29) is 11.8 Å². The second-order valence-electron chi connectivity index (χ2n) is 5.81. The Bertz CT molecular complexity index is 548. The quantitative estimate of drug-likeness (QED) is 0.872. The summed E-state index contributed by atoms with van der Waals surface area (Å²) in [6.45, 7) is 3.18. The van der Waals surface area contributed by atoms with Gasteiger partial charge in [0.05, 0.1) is 11.1 Å². The summed E-state index contributed by atoms with van der Waals surface area (Å²) in [7, 11) is 2.05. The molecule has 1 aromatic heterocycles. The number of pyridine rings is 1. The first-order chi connectivity index (χ1) is 10.1. The number of carbonyl (C=O) groups excluding carboxylic acids is 2. The lowest BCUT2D eigenvalue weighted by molar-refractivity contribution is 0.0663. The van der Waals surface area contributed by atoms with Crippen LogP contribution in [-0.2, 0) is 0 Å². The van der Waals surface area contributed by atoms with Crippen molar-refractivity contribution in [1.82, 2.24) is 20.1 Å². The molecule has 1 aromatic rings. The molecule has 6 heteroatoms. The van der Waals surface area contributed by atoms with E-state index in [2.05, 4.69) is 15.2 Å². The molecule has 1 aliphatic carbocycles. The number of nitrogens with zero attached hydrogens (tertiary/aromatic N) is 3. The van der Waals surface area contributed by atoms with E-state index in [0.29, 0.717) is 30.3 Å². The summed E-state index contributed by atoms with van der Waals surface area (Å²) >= 11 is 0. The van der Waals surface area contributed by atoms with Crippen molar-refractivity contribution in [2.24, 2.45) is 0 Å². The van der Waals surface area contributed by atoms with Crippen LogP contribution in [0.3, 0.4) is 0 Å². The zero-order valence-electron chi connectivity index (χ0n) is 12.2. The maximum absolute atomic E-state index is 12.5. The van der Waals surface area contributed by atoms with Crippen molar-refractivity contribution in [3.05, 3.63) is 29.6 Å². The smallest absolute Gasteiger partial charge is 0.255 e. The molecular formula is C15H20N4O2. The third-order valence-corrected chi connectivity index (χ3v) is 3.95. The molecule has 2 heterocycles. The van der Waals surface area contributed by atoms with Crippen molar-refractivity contribution in [2.75, 3.05) is 33.2 Å². The van der Waals surface area contributed by atoms with E-state index in [1.807, 2.05) is 11.9 Å². The van der Waals surface area contributed by atoms with Crippen LogP contribution in [0.4, 0.5) is 0 Å². The van der Waals surface area contributed by atoms with E-state index in [9.17, 15) is 9.59 Å². The summed E-state index contributed by atoms with van der Waals surface area (Å²) < 4.78 is 0. The monoisotopic (exact) mass is 288 g/mol. The van der Waals surface area contributed by atoms with Crippen molar-refractivity contribution < 1.29 is 9.59 Å². The summed E-state index contributed by atoms with van der Waals surface area (Å²) in [5, 5.41) is 2.91. The van der Waals surface area contributed by atoms with Crippen molar-refractivity contribution in [3.8, 4) is 0 Å². The fraction of sp³-hybridized carbons (Fsp3) is 0.533. The molecule has 21 heavy (non-hydrogen) atoms. The van der Waals surface area contributed by atoms with E-state index in [1.54, 1.807) is 6.07 Å². The Hall–Kier alpha value is -1.95. The van der Waals surface area contributed by atoms with Gasteiger partial charge in [0.1, 0.15) is 0 Å². The van der Waals surface area contributed by atoms with Crippen molar-refractivity contribution >= 4 is 11.8 Å². The van der Waals surface area contributed by atoms with Gasteiger partial charge in [-0.3, -0.25) is 14.6 Å². The van der Waals surface area contributed by atoms with Crippen LogP contribution < -0.4 is 5.32 Å². The summed E-state index contributed by atoms with van der Waals surface area (Å²) in [6.07, 6.45) is 5.13. The third kappa shape index (κ3) is 3.39. The molecule has 0 unspecified atom stereocenters. The molecule has 1 N–H and O–H groups in total. The molecule has 112 valence electrons. The number of carbonyl (C=O) groups is 2. The van der Waals surface area contributed by atoms with E-state index in [4.69, 9.17) is 0 Å². The van der Waals surface area contributed by atoms with Gasteiger partial charge in [0.15, 0.2) is 0 Å². The molecule has 1 aliphatic heterocycles. The van der Waals surface area contributed by atoms with Gasteiger partial charge in [0.25, 0.3) is 11.8 Å². The van der Waals surface area contributed by atoms with Crippen LogP contribution in [0.15, 0.2) is 18.5 Å².